The number of amides is 2. The minimum atomic E-state index is -0.346. The van der Waals surface area contributed by atoms with Crippen LogP contribution in [-0.4, -0.2) is 55.0 Å². The smallest absolute Gasteiger partial charge is 0.373 e. The summed E-state index contributed by atoms with van der Waals surface area (Å²) >= 11 is 0. The molecule has 0 aliphatic carbocycles. The number of hydrogen-bond acceptors (Lipinski definition) is 5. The molecule has 2 aromatic rings. The number of rotatable bonds is 12. The van der Waals surface area contributed by atoms with Gasteiger partial charge in [-0.05, 0) is 62.5 Å². The Morgan fingerprint density at radius 2 is 1.67 bits per heavy atom. The molecule has 0 fully saturated rings. The van der Waals surface area contributed by atoms with Crippen LogP contribution in [0.1, 0.15) is 68.8 Å². The summed E-state index contributed by atoms with van der Waals surface area (Å²) < 4.78 is 5.71. The summed E-state index contributed by atoms with van der Waals surface area (Å²) in [7, 11) is -0.346. The van der Waals surface area contributed by atoms with E-state index < -0.39 is 0 Å². The fourth-order valence-electron chi connectivity index (χ4n) is 3.83. The van der Waals surface area contributed by atoms with Crippen molar-refractivity contribution in [2.75, 3.05) is 31.1 Å². The van der Waals surface area contributed by atoms with Gasteiger partial charge in [0.2, 0.25) is 5.91 Å². The normalized spacial score (nSPS) is 13.0. The lowest BCUT2D eigenvalue weighted by molar-refractivity contribution is -0.119. The van der Waals surface area contributed by atoms with E-state index in [1.165, 1.54) is 6.42 Å². The van der Waals surface area contributed by atoms with E-state index in [0.29, 0.717) is 30.9 Å². The van der Waals surface area contributed by atoms with Crippen molar-refractivity contribution in [3.05, 3.63) is 59.7 Å². The predicted octanol–water partition coefficient (Wildman–Crippen LogP) is 4.75. The van der Waals surface area contributed by atoms with E-state index in [1.807, 2.05) is 49.4 Å². The lowest BCUT2D eigenvalue weighted by Gasteiger charge is -2.23. The fourth-order valence-corrected chi connectivity index (χ4v) is 3.83. The Balaban J connectivity index is 0.000000493. The van der Waals surface area contributed by atoms with Crippen molar-refractivity contribution in [2.45, 2.75) is 66.2 Å². The van der Waals surface area contributed by atoms with Gasteiger partial charge in [-0.15, -0.1) is 0 Å². The van der Waals surface area contributed by atoms with Crippen molar-refractivity contribution >= 4 is 24.6 Å². The highest BCUT2D eigenvalue weighted by molar-refractivity contribution is 6.45. The number of nitrogens with zero attached hydrogens (tertiary/aromatic N) is 2. The lowest BCUT2D eigenvalue weighted by Crippen LogP contribution is -2.39. The molecule has 1 heterocycles. The van der Waals surface area contributed by atoms with E-state index in [1.54, 1.807) is 22.7 Å². The van der Waals surface area contributed by atoms with Crippen LogP contribution in [0.15, 0.2) is 48.5 Å². The Kier molecular flexibility index (Phi) is 13.1. The van der Waals surface area contributed by atoms with Gasteiger partial charge in [0.05, 0.1) is 24.4 Å². The summed E-state index contributed by atoms with van der Waals surface area (Å²) in [6.45, 7) is 10.8. The molecule has 7 nitrogen and oxygen atoms in total. The van der Waals surface area contributed by atoms with Gasteiger partial charge < -0.3 is 24.8 Å². The highest BCUT2D eigenvalue weighted by Crippen LogP contribution is 2.27. The highest BCUT2D eigenvalue weighted by Gasteiger charge is 2.30. The number of nitrogens with one attached hydrogen (secondary N) is 1. The number of ether oxygens (including phenoxy) is 1. The minimum absolute atomic E-state index is 0.0602. The van der Waals surface area contributed by atoms with Crippen LogP contribution in [-0.2, 0) is 11.3 Å². The fraction of sp³-hybridized carbons (Fsp3) is 0.500. The summed E-state index contributed by atoms with van der Waals surface area (Å²) in [6, 6.07) is 15.2. The quantitative estimate of drug-likeness (QED) is 0.328. The number of unbranched alkanes of at least 4 members (excludes halogenated alkanes) is 2. The first-order valence-corrected chi connectivity index (χ1v) is 13.2. The predicted molar refractivity (Wildman–Crippen MR) is 147 cm³/mol. The van der Waals surface area contributed by atoms with Crippen molar-refractivity contribution in [1.82, 2.24) is 10.1 Å². The van der Waals surface area contributed by atoms with Gasteiger partial charge in [0.15, 0.2) is 0 Å². The first-order valence-electron chi connectivity index (χ1n) is 13.2. The molecule has 196 valence electrons. The van der Waals surface area contributed by atoms with Crippen LogP contribution in [0.5, 0.6) is 5.75 Å². The molecular formula is C28H42BN3O4. The van der Waals surface area contributed by atoms with Gasteiger partial charge in [0.1, 0.15) is 12.3 Å². The molecule has 2 aromatic carbocycles. The third kappa shape index (κ3) is 9.32. The number of benzene rings is 2. The maximum absolute atomic E-state index is 13.0. The molecule has 2 amide bonds. The molecule has 0 aromatic heterocycles. The van der Waals surface area contributed by atoms with Crippen molar-refractivity contribution in [2.24, 2.45) is 0 Å². The maximum Gasteiger partial charge on any atom is 0.373 e. The molecule has 0 atom stereocenters. The molecular weight excluding hydrogens is 453 g/mol. The van der Waals surface area contributed by atoms with E-state index in [0.717, 1.165) is 43.5 Å². The van der Waals surface area contributed by atoms with Crippen LogP contribution in [0.2, 0.25) is 6.82 Å². The largest absolute Gasteiger partial charge is 0.494 e. The zero-order chi connectivity index (χ0) is 26.3. The summed E-state index contributed by atoms with van der Waals surface area (Å²) in [5, 5.41) is 11.6. The lowest BCUT2D eigenvalue weighted by atomic mass is 9.89. The minimum Gasteiger partial charge on any atom is -0.494 e. The molecule has 8 heteroatoms. The van der Waals surface area contributed by atoms with Crippen LogP contribution < -0.4 is 14.9 Å². The third-order valence-electron chi connectivity index (χ3n) is 5.83. The number of hydrogen-bond donors (Lipinski definition) is 2. The second-order valence-electron chi connectivity index (χ2n) is 9.05. The molecule has 1 aliphatic heterocycles. The number of para-hydroxylation sites is 1. The van der Waals surface area contributed by atoms with Crippen LogP contribution in [0, 0.1) is 0 Å². The molecule has 36 heavy (non-hydrogen) atoms. The Bertz CT molecular complexity index is 937. The molecule has 0 saturated carbocycles. The zero-order valence-electron chi connectivity index (χ0n) is 22.3. The maximum atomic E-state index is 13.0. The summed E-state index contributed by atoms with van der Waals surface area (Å²) in [4.78, 5) is 29.2. The van der Waals surface area contributed by atoms with Gasteiger partial charge in [-0.2, -0.15) is 0 Å². The van der Waals surface area contributed by atoms with E-state index in [-0.39, 0.29) is 25.4 Å². The molecule has 0 unspecified atom stereocenters. The highest BCUT2D eigenvalue weighted by atomic mass is 16.5. The second-order valence-corrected chi connectivity index (χ2v) is 9.05. The van der Waals surface area contributed by atoms with Crippen LogP contribution in [0.25, 0.3) is 0 Å². The molecule has 1 aliphatic rings. The zero-order valence-corrected chi connectivity index (χ0v) is 22.3. The van der Waals surface area contributed by atoms with E-state index >= 15 is 0 Å². The van der Waals surface area contributed by atoms with Crippen molar-refractivity contribution in [1.29, 1.82) is 0 Å². The number of anilines is 1. The van der Waals surface area contributed by atoms with Gasteiger partial charge in [-0.3, -0.25) is 9.59 Å². The van der Waals surface area contributed by atoms with Gasteiger partial charge in [-0.1, -0.05) is 57.9 Å². The van der Waals surface area contributed by atoms with Crippen LogP contribution >= 0.6 is 0 Å². The monoisotopic (exact) mass is 495 g/mol. The molecule has 0 saturated heterocycles. The summed E-state index contributed by atoms with van der Waals surface area (Å²) in [5.41, 5.74) is 2.27. The number of fused-ring (bicyclic) bond motifs is 1. The standard InChI is InChI=1S/C23H28N2O3.C5H14BNO/c1-3-5-15-28-19-12-10-18(11-13-19)16-25-21-9-7-6-8-20(21)23(27)24(14-4-2)17-22(25)26;1-3-4-5-7-6(2)8/h6-13H,3-5,14-17H2,1-2H3;7-8H,3-5H2,1-2H3. The Morgan fingerprint density at radius 1 is 0.972 bits per heavy atom. The first kappa shape index (κ1) is 29.4. The van der Waals surface area contributed by atoms with Crippen molar-refractivity contribution < 1.29 is 19.3 Å². The Morgan fingerprint density at radius 3 is 2.31 bits per heavy atom. The molecule has 2 N–H and O–H groups in total. The SMILES string of the molecule is CCCCNB(C)O.CCCCOc1ccc(CN2C(=O)CN(CCC)C(=O)c3ccccc32)cc1. The third-order valence-corrected chi connectivity index (χ3v) is 5.83. The average Bonchev–Trinajstić information content (AvgIpc) is 2.96. The number of carbonyl (C=O) groups is 2. The van der Waals surface area contributed by atoms with E-state index in [9.17, 15) is 9.59 Å². The summed E-state index contributed by atoms with van der Waals surface area (Å²) in [6.07, 6.45) is 5.27. The van der Waals surface area contributed by atoms with Crippen LogP contribution in [0.3, 0.4) is 0 Å². The van der Waals surface area contributed by atoms with Gasteiger partial charge >= 0.3 is 7.05 Å². The summed E-state index contributed by atoms with van der Waals surface area (Å²) in [5.74, 6) is 0.701. The Hall–Kier alpha value is -2.84. The first-order chi connectivity index (χ1) is 17.4. The second kappa shape index (κ2) is 16.0. The van der Waals surface area contributed by atoms with Gasteiger partial charge in [0.25, 0.3) is 5.91 Å². The van der Waals surface area contributed by atoms with E-state index in [2.05, 4.69) is 19.1 Å². The van der Waals surface area contributed by atoms with Crippen LogP contribution in [0.4, 0.5) is 5.69 Å². The topological polar surface area (TPSA) is 82.1 Å². The molecule has 3 rings (SSSR count). The van der Waals surface area contributed by atoms with Gasteiger partial charge in [0, 0.05) is 6.54 Å². The average molecular weight is 495 g/mol. The van der Waals surface area contributed by atoms with Crippen molar-refractivity contribution in [3.63, 3.8) is 0 Å². The molecule has 0 radical (unpaired) electrons. The molecule has 0 spiro atoms. The van der Waals surface area contributed by atoms with Gasteiger partial charge in [-0.25, -0.2) is 0 Å². The Labute approximate surface area is 217 Å². The molecule has 0 bridgehead atoms. The number of carbonyl (C=O) groups excluding carboxylic acids is 2. The van der Waals surface area contributed by atoms with Crippen molar-refractivity contribution in [3.8, 4) is 5.75 Å². The van der Waals surface area contributed by atoms with E-state index in [4.69, 9.17) is 9.76 Å².